The monoisotopic (exact) mass is 450 g/mol. The number of hydrogen-bond donors (Lipinski definition) is 1. The van der Waals surface area contributed by atoms with Crippen LogP contribution < -0.4 is 10.2 Å². The Bertz CT molecular complexity index is 1330. The third-order valence-corrected chi connectivity index (χ3v) is 6.07. The molecule has 0 aromatic heterocycles. The zero-order valence-corrected chi connectivity index (χ0v) is 18.1. The van der Waals surface area contributed by atoms with Gasteiger partial charge in [0.15, 0.2) is 6.29 Å². The van der Waals surface area contributed by atoms with E-state index in [0.717, 1.165) is 35.6 Å². The Kier molecular flexibility index (Phi) is 5.33. The molecule has 1 aliphatic carbocycles. The van der Waals surface area contributed by atoms with E-state index in [-0.39, 0.29) is 24.8 Å². The molecule has 3 aromatic carbocycles. The predicted octanol–water partition coefficient (Wildman–Crippen LogP) is 5.01. The van der Waals surface area contributed by atoms with Crippen LogP contribution in [0, 0.1) is 0 Å². The van der Waals surface area contributed by atoms with Gasteiger partial charge in [-0.25, -0.2) is 9.98 Å². The predicted molar refractivity (Wildman–Crippen MR) is 133 cm³/mol. The number of nitrogens with one attached hydrogen (secondary N) is 1. The number of carbonyl (C=O) groups is 1. The number of hydrogen-bond acceptors (Lipinski definition) is 5. The molecule has 2 aliphatic heterocycles. The van der Waals surface area contributed by atoms with E-state index in [4.69, 9.17) is 0 Å². The molecule has 0 spiro atoms. The highest BCUT2D eigenvalue weighted by molar-refractivity contribution is 6.16. The minimum absolute atomic E-state index is 0. The van der Waals surface area contributed by atoms with Gasteiger partial charge in [-0.3, -0.25) is 9.69 Å². The zero-order valence-electron chi connectivity index (χ0n) is 16.5. The molecule has 3 aromatic rings. The van der Waals surface area contributed by atoms with Gasteiger partial charge in [-0.2, -0.15) is 0 Å². The second kappa shape index (κ2) is 7.84. The van der Waals surface area contributed by atoms with Crippen LogP contribution in [0.4, 0.5) is 5.69 Å². The van der Waals surface area contributed by atoms with Crippen LogP contribution in [0.3, 0.4) is 0 Å². The van der Waals surface area contributed by atoms with Crippen molar-refractivity contribution in [2.24, 2.45) is 9.98 Å². The van der Waals surface area contributed by atoms with Gasteiger partial charge in [-0.15, -0.1) is 24.8 Å². The van der Waals surface area contributed by atoms with E-state index in [9.17, 15) is 4.79 Å². The summed E-state index contributed by atoms with van der Waals surface area (Å²) in [6, 6.07) is 15.0. The van der Waals surface area contributed by atoms with Crippen molar-refractivity contribution in [1.29, 1.82) is 0 Å². The lowest BCUT2D eigenvalue weighted by atomic mass is 9.90. The van der Waals surface area contributed by atoms with E-state index in [1.165, 1.54) is 21.9 Å². The number of halogens is 2. The molecule has 0 radical (unpaired) electrons. The first-order valence-corrected chi connectivity index (χ1v) is 9.76. The highest BCUT2D eigenvalue weighted by Crippen LogP contribution is 2.41. The molecule has 0 saturated heterocycles. The summed E-state index contributed by atoms with van der Waals surface area (Å²) in [7, 11) is 0. The van der Waals surface area contributed by atoms with Crippen molar-refractivity contribution in [3.63, 3.8) is 0 Å². The summed E-state index contributed by atoms with van der Waals surface area (Å²) >= 11 is 0. The molecule has 1 N–H and O–H groups in total. The molecule has 5 nitrogen and oxygen atoms in total. The van der Waals surface area contributed by atoms with Crippen LogP contribution in [0.25, 0.3) is 27.6 Å². The number of fused-ring (bicyclic) bond motifs is 6. The first-order chi connectivity index (χ1) is 14.3. The van der Waals surface area contributed by atoms with Crippen molar-refractivity contribution in [2.75, 3.05) is 4.90 Å². The zero-order chi connectivity index (χ0) is 19.4. The SMILES string of the molecule is Cl.Cl.O=CC12N=CNC=C1N=CN2c1cccc2c1ccc1c3c(ccc12)CCC=C3. The fraction of sp³-hybridized carbons (Fsp3) is 0.125. The van der Waals surface area contributed by atoms with E-state index in [1.807, 2.05) is 17.0 Å². The number of nitrogens with zero attached hydrogens (tertiary/aromatic N) is 3. The van der Waals surface area contributed by atoms with Crippen LogP contribution in [-0.4, -0.2) is 24.6 Å². The summed E-state index contributed by atoms with van der Waals surface area (Å²) in [6.45, 7) is 0. The van der Waals surface area contributed by atoms with Gasteiger partial charge in [-0.1, -0.05) is 48.6 Å². The Labute approximate surface area is 192 Å². The Morgan fingerprint density at radius 2 is 1.81 bits per heavy atom. The van der Waals surface area contributed by atoms with Gasteiger partial charge >= 0.3 is 0 Å². The Balaban J connectivity index is 0.00000116. The molecule has 1 unspecified atom stereocenters. The van der Waals surface area contributed by atoms with Gasteiger partial charge in [0, 0.05) is 11.6 Å². The summed E-state index contributed by atoms with van der Waals surface area (Å²) in [5.41, 5.74) is 3.08. The molecule has 0 saturated carbocycles. The smallest absolute Gasteiger partial charge is 0.239 e. The van der Waals surface area contributed by atoms with Crippen LogP contribution in [0.1, 0.15) is 17.5 Å². The van der Waals surface area contributed by atoms with Crippen molar-refractivity contribution < 1.29 is 4.79 Å². The largest absolute Gasteiger partial charge is 0.351 e. The average molecular weight is 451 g/mol. The number of benzene rings is 3. The second-order valence-electron chi connectivity index (χ2n) is 7.53. The first kappa shape index (κ1) is 21.1. The second-order valence-corrected chi connectivity index (χ2v) is 7.53. The molecular weight excluding hydrogens is 431 g/mol. The van der Waals surface area contributed by atoms with Gasteiger partial charge in [0.2, 0.25) is 5.66 Å². The Morgan fingerprint density at radius 1 is 1.00 bits per heavy atom. The van der Waals surface area contributed by atoms with Crippen LogP contribution in [0.15, 0.2) is 70.4 Å². The van der Waals surface area contributed by atoms with Crippen LogP contribution in [0.5, 0.6) is 0 Å². The molecule has 3 aliphatic rings. The molecule has 156 valence electrons. The molecule has 7 heteroatoms. The van der Waals surface area contributed by atoms with Gasteiger partial charge in [0.25, 0.3) is 0 Å². The fourth-order valence-electron chi connectivity index (χ4n) is 4.63. The normalized spacial score (nSPS) is 20.4. The maximum Gasteiger partial charge on any atom is 0.239 e. The molecule has 0 amide bonds. The number of anilines is 1. The lowest BCUT2D eigenvalue weighted by Gasteiger charge is -2.32. The van der Waals surface area contributed by atoms with E-state index in [0.29, 0.717) is 5.70 Å². The van der Waals surface area contributed by atoms with Crippen LogP contribution in [0.2, 0.25) is 0 Å². The number of aryl methyl sites for hydroxylation is 1. The summed E-state index contributed by atoms with van der Waals surface area (Å²) < 4.78 is 0. The van der Waals surface area contributed by atoms with Crippen LogP contribution in [-0.2, 0) is 11.2 Å². The van der Waals surface area contributed by atoms with Gasteiger partial charge in [0.1, 0.15) is 5.70 Å². The van der Waals surface area contributed by atoms with E-state index >= 15 is 0 Å². The maximum atomic E-state index is 12.1. The average Bonchev–Trinajstić information content (AvgIpc) is 3.18. The number of aldehydes is 1. The topological polar surface area (TPSA) is 57.1 Å². The highest BCUT2D eigenvalue weighted by Gasteiger charge is 2.45. The van der Waals surface area contributed by atoms with Gasteiger partial charge in [-0.05, 0) is 46.2 Å². The number of carbonyl (C=O) groups excluding carboxylic acids is 1. The van der Waals surface area contributed by atoms with Gasteiger partial charge < -0.3 is 5.32 Å². The maximum absolute atomic E-state index is 12.1. The molecule has 0 fully saturated rings. The first-order valence-electron chi connectivity index (χ1n) is 9.76. The van der Waals surface area contributed by atoms with Crippen molar-refractivity contribution in [2.45, 2.75) is 18.5 Å². The van der Waals surface area contributed by atoms with E-state index in [2.05, 4.69) is 57.8 Å². The molecule has 6 rings (SSSR count). The number of aliphatic imine (C=N–C) groups is 2. The van der Waals surface area contributed by atoms with Crippen molar-refractivity contribution in [3.8, 4) is 0 Å². The fourth-order valence-corrected chi connectivity index (χ4v) is 4.63. The minimum atomic E-state index is -1.15. The Morgan fingerprint density at radius 3 is 2.68 bits per heavy atom. The van der Waals surface area contributed by atoms with Crippen molar-refractivity contribution in [1.82, 2.24) is 5.32 Å². The lowest BCUT2D eigenvalue weighted by molar-refractivity contribution is -0.110. The number of allylic oxidation sites excluding steroid dienone is 1. The Hall–Kier alpha value is -3.15. The number of rotatable bonds is 2. The van der Waals surface area contributed by atoms with Crippen molar-refractivity contribution >= 4 is 77.1 Å². The quantitative estimate of drug-likeness (QED) is 0.440. The summed E-state index contributed by atoms with van der Waals surface area (Å²) in [4.78, 5) is 22.9. The van der Waals surface area contributed by atoms with Crippen molar-refractivity contribution in [3.05, 3.63) is 71.6 Å². The summed E-state index contributed by atoms with van der Waals surface area (Å²) in [5, 5.41) is 7.63. The third-order valence-electron chi connectivity index (χ3n) is 6.07. The molecule has 1 atom stereocenters. The molecule has 31 heavy (non-hydrogen) atoms. The summed E-state index contributed by atoms with van der Waals surface area (Å²) in [6.07, 6.45) is 12.5. The van der Waals surface area contributed by atoms with E-state index in [1.54, 1.807) is 18.9 Å². The highest BCUT2D eigenvalue weighted by atomic mass is 35.5. The van der Waals surface area contributed by atoms with Crippen LogP contribution >= 0.6 is 24.8 Å². The summed E-state index contributed by atoms with van der Waals surface area (Å²) in [5.74, 6) is 0. The molecule has 2 heterocycles. The van der Waals surface area contributed by atoms with Gasteiger partial charge in [0.05, 0.1) is 18.4 Å². The third kappa shape index (κ3) is 2.88. The molecule has 0 bridgehead atoms. The minimum Gasteiger partial charge on any atom is -0.351 e. The molecular formula is C24H20Cl2N4O. The lowest BCUT2D eigenvalue weighted by Crippen LogP contribution is -2.48. The van der Waals surface area contributed by atoms with E-state index < -0.39 is 5.66 Å². The standard InChI is InChI=1S/C24H18N4O.2ClH/c29-13-24-23(12-25-14-27-24)26-15-28(24)22-7-3-6-18-20-9-8-16-4-1-2-5-17(16)19(20)10-11-21(18)22;;/h2-3,5-15H,1,4H2,(H,25,27);2*1H.